The van der Waals surface area contributed by atoms with Crippen molar-refractivity contribution in [2.45, 2.75) is 25.3 Å². The number of halogens is 1. The third kappa shape index (κ3) is 3.74. The van der Waals surface area contributed by atoms with Crippen LogP contribution in [-0.4, -0.2) is 18.5 Å². The van der Waals surface area contributed by atoms with E-state index in [1.807, 2.05) is 24.3 Å². The van der Waals surface area contributed by atoms with E-state index in [0.29, 0.717) is 18.9 Å². The lowest BCUT2D eigenvalue weighted by molar-refractivity contribution is -0.121. The third-order valence-corrected chi connectivity index (χ3v) is 4.02. The van der Waals surface area contributed by atoms with Crippen molar-refractivity contribution in [2.24, 2.45) is 11.7 Å². The van der Waals surface area contributed by atoms with Gasteiger partial charge in [0, 0.05) is 12.6 Å². The van der Waals surface area contributed by atoms with Crippen molar-refractivity contribution >= 4 is 29.1 Å². The van der Waals surface area contributed by atoms with E-state index >= 15 is 0 Å². The second-order valence-electron chi connectivity index (χ2n) is 5.56. The molecule has 0 aromatic heterocycles. The van der Waals surface area contributed by atoms with Gasteiger partial charge in [0.25, 0.3) is 0 Å². The Morgan fingerprint density at radius 2 is 1.90 bits per heavy atom. The van der Waals surface area contributed by atoms with Gasteiger partial charge >= 0.3 is 0 Å². The second-order valence-corrected chi connectivity index (χ2v) is 5.56. The first-order valence-electron chi connectivity index (χ1n) is 7.24. The Bertz CT molecular complexity index is 620. The fourth-order valence-electron chi connectivity index (χ4n) is 2.75. The highest BCUT2D eigenvalue weighted by molar-refractivity contribution is 5.90. The lowest BCUT2D eigenvalue weighted by Crippen LogP contribution is -2.42. The normalized spacial score (nSPS) is 15.3. The van der Waals surface area contributed by atoms with Crippen LogP contribution in [0.1, 0.15) is 18.4 Å². The van der Waals surface area contributed by atoms with E-state index in [9.17, 15) is 4.79 Å². The Labute approximate surface area is 131 Å². The van der Waals surface area contributed by atoms with E-state index in [-0.39, 0.29) is 24.4 Å². The van der Waals surface area contributed by atoms with Crippen LogP contribution < -0.4 is 11.1 Å². The molecule has 0 aliphatic heterocycles. The SMILES string of the molecule is Cl.NCC(NC(=O)Cc1cccc2ccccc12)C1CC1. The van der Waals surface area contributed by atoms with Gasteiger partial charge in [0.2, 0.25) is 5.91 Å². The highest BCUT2D eigenvalue weighted by Crippen LogP contribution is 2.32. The van der Waals surface area contributed by atoms with Crippen LogP contribution in [0, 0.1) is 5.92 Å². The summed E-state index contributed by atoms with van der Waals surface area (Å²) in [7, 11) is 0. The Morgan fingerprint density at radius 3 is 2.62 bits per heavy atom. The minimum absolute atomic E-state index is 0. The number of hydrogen-bond donors (Lipinski definition) is 2. The molecule has 2 aromatic rings. The summed E-state index contributed by atoms with van der Waals surface area (Å²) in [5.41, 5.74) is 6.81. The van der Waals surface area contributed by atoms with Crippen molar-refractivity contribution in [1.29, 1.82) is 0 Å². The Morgan fingerprint density at radius 1 is 1.19 bits per heavy atom. The van der Waals surface area contributed by atoms with Crippen molar-refractivity contribution in [3.05, 3.63) is 48.0 Å². The maximum absolute atomic E-state index is 12.2. The van der Waals surface area contributed by atoms with E-state index in [1.165, 1.54) is 18.2 Å². The monoisotopic (exact) mass is 304 g/mol. The summed E-state index contributed by atoms with van der Waals surface area (Å²) in [5.74, 6) is 0.667. The molecule has 0 heterocycles. The van der Waals surface area contributed by atoms with Crippen LogP contribution in [0.5, 0.6) is 0 Å². The quantitative estimate of drug-likeness (QED) is 0.892. The highest BCUT2D eigenvalue weighted by atomic mass is 35.5. The minimum atomic E-state index is 0. The molecule has 21 heavy (non-hydrogen) atoms. The second kappa shape index (κ2) is 6.92. The number of amides is 1. The molecule has 0 bridgehead atoms. The molecule has 1 unspecified atom stereocenters. The third-order valence-electron chi connectivity index (χ3n) is 4.02. The zero-order valence-electron chi connectivity index (χ0n) is 11.9. The van der Waals surface area contributed by atoms with Crippen LogP contribution in [0.15, 0.2) is 42.5 Å². The molecule has 1 atom stereocenters. The number of carbonyl (C=O) groups is 1. The van der Waals surface area contributed by atoms with Gasteiger partial charge in [-0.05, 0) is 35.1 Å². The maximum Gasteiger partial charge on any atom is 0.224 e. The number of fused-ring (bicyclic) bond motifs is 1. The van der Waals surface area contributed by atoms with E-state index in [2.05, 4.69) is 23.5 Å². The molecule has 0 spiro atoms. The summed E-state index contributed by atoms with van der Waals surface area (Å²) < 4.78 is 0. The molecule has 4 heteroatoms. The molecule has 2 aromatic carbocycles. The van der Waals surface area contributed by atoms with E-state index in [1.54, 1.807) is 0 Å². The van der Waals surface area contributed by atoms with Gasteiger partial charge in [0.15, 0.2) is 0 Å². The summed E-state index contributed by atoms with van der Waals surface area (Å²) in [5, 5.41) is 5.41. The van der Waals surface area contributed by atoms with Crippen molar-refractivity contribution in [2.75, 3.05) is 6.54 Å². The Hall–Kier alpha value is -1.58. The number of nitrogens with two attached hydrogens (primary N) is 1. The predicted octanol–water partition coefficient (Wildman–Crippen LogP) is 2.66. The summed E-state index contributed by atoms with van der Waals surface area (Å²) in [4.78, 5) is 12.2. The van der Waals surface area contributed by atoms with Crippen LogP contribution in [-0.2, 0) is 11.2 Å². The van der Waals surface area contributed by atoms with E-state index < -0.39 is 0 Å². The first-order chi connectivity index (χ1) is 9.78. The molecule has 0 saturated heterocycles. The number of benzene rings is 2. The first kappa shape index (κ1) is 15.8. The lowest BCUT2D eigenvalue weighted by Gasteiger charge is -2.16. The van der Waals surface area contributed by atoms with Crippen LogP contribution in [0.3, 0.4) is 0 Å². The van der Waals surface area contributed by atoms with Gasteiger partial charge in [-0.25, -0.2) is 0 Å². The van der Waals surface area contributed by atoms with Crippen LogP contribution >= 0.6 is 12.4 Å². The Kier molecular flexibility index (Phi) is 5.21. The molecule has 3 rings (SSSR count). The molecule has 1 amide bonds. The molecule has 0 radical (unpaired) electrons. The molecule has 1 saturated carbocycles. The number of rotatable bonds is 5. The van der Waals surface area contributed by atoms with Crippen LogP contribution in [0.4, 0.5) is 0 Å². The fraction of sp³-hybridized carbons (Fsp3) is 0.353. The molecule has 3 N–H and O–H groups in total. The summed E-state index contributed by atoms with van der Waals surface area (Å²) in [6.07, 6.45) is 2.80. The summed E-state index contributed by atoms with van der Waals surface area (Å²) >= 11 is 0. The fourth-order valence-corrected chi connectivity index (χ4v) is 2.75. The maximum atomic E-state index is 12.2. The average Bonchev–Trinajstić information content (AvgIpc) is 3.30. The lowest BCUT2D eigenvalue weighted by atomic mass is 10.0. The summed E-state index contributed by atoms with van der Waals surface area (Å²) in [6, 6.07) is 14.4. The van der Waals surface area contributed by atoms with Crippen LogP contribution in [0.25, 0.3) is 10.8 Å². The van der Waals surface area contributed by atoms with Crippen LogP contribution in [0.2, 0.25) is 0 Å². The van der Waals surface area contributed by atoms with Gasteiger partial charge in [-0.15, -0.1) is 12.4 Å². The van der Waals surface area contributed by atoms with Crippen molar-refractivity contribution in [1.82, 2.24) is 5.32 Å². The van der Waals surface area contributed by atoms with Gasteiger partial charge < -0.3 is 11.1 Å². The molecule has 1 fully saturated rings. The van der Waals surface area contributed by atoms with Crippen molar-refractivity contribution < 1.29 is 4.79 Å². The number of hydrogen-bond acceptors (Lipinski definition) is 2. The Balaban J connectivity index is 0.00000161. The van der Waals surface area contributed by atoms with Gasteiger partial charge in [-0.2, -0.15) is 0 Å². The molecular formula is C17H21ClN2O. The smallest absolute Gasteiger partial charge is 0.224 e. The zero-order valence-corrected chi connectivity index (χ0v) is 12.7. The highest BCUT2D eigenvalue weighted by Gasteiger charge is 2.31. The van der Waals surface area contributed by atoms with Gasteiger partial charge in [-0.3, -0.25) is 4.79 Å². The van der Waals surface area contributed by atoms with Gasteiger partial charge in [-0.1, -0.05) is 42.5 Å². The standard InChI is InChI=1S/C17H20N2O.ClH/c18-11-16(13-8-9-13)19-17(20)10-14-6-3-5-12-4-1-2-7-15(12)14;/h1-7,13,16H,8-11,18H2,(H,19,20);1H. The number of nitrogens with one attached hydrogen (secondary N) is 1. The van der Waals surface area contributed by atoms with E-state index in [4.69, 9.17) is 5.73 Å². The first-order valence-corrected chi connectivity index (χ1v) is 7.24. The zero-order chi connectivity index (χ0) is 13.9. The van der Waals surface area contributed by atoms with Crippen molar-refractivity contribution in [3.63, 3.8) is 0 Å². The molecular weight excluding hydrogens is 284 g/mol. The van der Waals surface area contributed by atoms with Gasteiger partial charge in [0.05, 0.1) is 6.42 Å². The summed E-state index contributed by atoms with van der Waals surface area (Å²) in [6.45, 7) is 0.534. The van der Waals surface area contributed by atoms with E-state index in [0.717, 1.165) is 10.9 Å². The molecule has 1 aliphatic carbocycles. The molecule has 3 nitrogen and oxygen atoms in total. The average molecular weight is 305 g/mol. The van der Waals surface area contributed by atoms with Gasteiger partial charge in [0.1, 0.15) is 0 Å². The predicted molar refractivity (Wildman–Crippen MR) is 88.6 cm³/mol. The largest absolute Gasteiger partial charge is 0.352 e. The van der Waals surface area contributed by atoms with Crippen molar-refractivity contribution in [3.8, 4) is 0 Å². The molecule has 112 valence electrons. The minimum Gasteiger partial charge on any atom is -0.352 e. The molecule has 1 aliphatic rings. The topological polar surface area (TPSA) is 55.1 Å². The number of carbonyl (C=O) groups excluding carboxylic acids is 1.